The highest BCUT2D eigenvalue weighted by molar-refractivity contribution is 8.49. The SMILES string of the molecule is CS(F)(F)(F)(F)c1ccc(-n2nnnc2CN2CCS(=O)(=O)CC2)cc1. The predicted molar refractivity (Wildman–Crippen MR) is 89.3 cm³/mol. The third-order valence-corrected chi connectivity index (χ3v) is 7.07. The van der Waals surface area contributed by atoms with E-state index in [1.54, 1.807) is 0 Å². The number of sulfone groups is 1. The van der Waals surface area contributed by atoms with Gasteiger partial charge in [0.25, 0.3) is 0 Å². The van der Waals surface area contributed by atoms with Crippen LogP contribution in [0.2, 0.25) is 0 Å². The molecule has 2 heterocycles. The highest BCUT2D eigenvalue weighted by atomic mass is 32.5. The van der Waals surface area contributed by atoms with Gasteiger partial charge in [-0.05, 0) is 34.7 Å². The predicted octanol–water partition coefficient (Wildman–Crippen LogP) is 2.30. The molecule has 13 heteroatoms. The lowest BCUT2D eigenvalue weighted by Crippen LogP contribution is -2.40. The summed E-state index contributed by atoms with van der Waals surface area (Å²) in [6, 6.07) is 3.51. The summed E-state index contributed by atoms with van der Waals surface area (Å²) in [7, 11) is -11.3. The second-order valence-corrected chi connectivity index (χ2v) is 12.1. The fourth-order valence-corrected chi connectivity index (χ4v) is 4.64. The van der Waals surface area contributed by atoms with Gasteiger partial charge in [0.1, 0.15) is 0 Å². The monoisotopic (exact) mass is 415 g/mol. The minimum atomic E-state index is -8.24. The van der Waals surface area contributed by atoms with Crippen molar-refractivity contribution in [1.82, 2.24) is 25.1 Å². The third kappa shape index (κ3) is 4.32. The number of nitrogens with zero attached hydrogens (tertiary/aromatic N) is 5. The molecule has 0 spiro atoms. The molecular formula is C13H17F4N5O2S2. The molecule has 0 amide bonds. The van der Waals surface area contributed by atoms with Crippen molar-refractivity contribution in [2.24, 2.45) is 0 Å². The third-order valence-electron chi connectivity index (χ3n) is 4.01. The van der Waals surface area contributed by atoms with Crippen LogP contribution in [0.3, 0.4) is 0 Å². The number of hydrogen-bond donors (Lipinski definition) is 0. The van der Waals surface area contributed by atoms with Gasteiger partial charge in [-0.2, -0.15) is 4.68 Å². The van der Waals surface area contributed by atoms with Gasteiger partial charge >= 0.3 is 0 Å². The van der Waals surface area contributed by atoms with Gasteiger partial charge in [-0.1, -0.05) is 0 Å². The summed E-state index contributed by atoms with van der Waals surface area (Å²) >= 11 is 0. The Morgan fingerprint density at radius 1 is 1.08 bits per heavy atom. The maximum atomic E-state index is 13.4. The topological polar surface area (TPSA) is 81.0 Å². The Kier molecular flexibility index (Phi) is 3.95. The van der Waals surface area contributed by atoms with E-state index >= 15 is 0 Å². The Hall–Kier alpha value is -1.73. The van der Waals surface area contributed by atoms with E-state index in [9.17, 15) is 24.0 Å². The first-order chi connectivity index (χ1) is 11.7. The zero-order chi connectivity index (χ0) is 19.3. The second-order valence-electron chi connectivity index (χ2n) is 6.41. The molecule has 1 saturated heterocycles. The van der Waals surface area contributed by atoms with Crippen LogP contribution in [-0.2, 0) is 16.4 Å². The molecular weight excluding hydrogens is 398 g/mol. The average Bonchev–Trinajstić information content (AvgIpc) is 2.95. The Morgan fingerprint density at radius 3 is 2.19 bits per heavy atom. The van der Waals surface area contributed by atoms with Crippen LogP contribution in [-0.4, -0.2) is 64.4 Å². The number of aromatic nitrogens is 4. The van der Waals surface area contributed by atoms with Crippen molar-refractivity contribution in [2.75, 3.05) is 30.9 Å². The lowest BCUT2D eigenvalue weighted by atomic mass is 10.3. The smallest absolute Gasteiger partial charge is 0.184 e. The van der Waals surface area contributed by atoms with E-state index in [0.717, 1.165) is 12.1 Å². The summed E-state index contributed by atoms with van der Waals surface area (Å²) in [5, 5.41) is 11.1. The van der Waals surface area contributed by atoms with Crippen molar-refractivity contribution < 1.29 is 24.0 Å². The van der Waals surface area contributed by atoms with Gasteiger partial charge in [-0.15, -0.1) is 20.6 Å². The summed E-state index contributed by atoms with van der Waals surface area (Å²) in [5.41, 5.74) is 0.250. The molecule has 7 nitrogen and oxygen atoms in total. The molecule has 2 aromatic rings. The zero-order valence-electron chi connectivity index (χ0n) is 13.7. The molecule has 0 bridgehead atoms. The molecule has 3 rings (SSSR count). The summed E-state index contributed by atoms with van der Waals surface area (Å²) in [6.07, 6.45) is -0.331. The van der Waals surface area contributed by atoms with Gasteiger partial charge in [0, 0.05) is 13.1 Å². The van der Waals surface area contributed by atoms with E-state index in [4.69, 9.17) is 0 Å². The van der Waals surface area contributed by atoms with Crippen LogP contribution in [0.5, 0.6) is 0 Å². The number of rotatable bonds is 4. The molecule has 0 aliphatic carbocycles. The van der Waals surface area contributed by atoms with Crippen LogP contribution in [0, 0.1) is 0 Å². The number of benzene rings is 1. The van der Waals surface area contributed by atoms with E-state index in [1.165, 1.54) is 4.68 Å². The summed E-state index contributed by atoms with van der Waals surface area (Å²) < 4.78 is 77.9. The molecule has 0 unspecified atom stereocenters. The lowest BCUT2D eigenvalue weighted by Gasteiger charge is -2.46. The van der Waals surface area contributed by atoms with Gasteiger partial charge in [-0.3, -0.25) is 4.90 Å². The molecule has 0 saturated carbocycles. The quantitative estimate of drug-likeness (QED) is 0.713. The highest BCUT2D eigenvalue weighted by Gasteiger charge is 2.59. The van der Waals surface area contributed by atoms with Crippen LogP contribution < -0.4 is 0 Å². The zero-order valence-corrected chi connectivity index (χ0v) is 15.4. The van der Waals surface area contributed by atoms with E-state index in [2.05, 4.69) is 15.5 Å². The first-order valence-electron chi connectivity index (χ1n) is 7.53. The van der Waals surface area contributed by atoms with Gasteiger partial charge in [0.15, 0.2) is 25.5 Å². The summed E-state index contributed by atoms with van der Waals surface area (Å²) in [4.78, 5) is 0.515. The maximum Gasteiger partial charge on any atom is 0.184 e. The molecule has 26 heavy (non-hydrogen) atoms. The molecule has 0 N–H and O–H groups in total. The lowest BCUT2D eigenvalue weighted by molar-refractivity contribution is 0.278. The van der Waals surface area contributed by atoms with E-state index in [0.29, 0.717) is 31.0 Å². The second kappa shape index (κ2) is 5.39. The van der Waals surface area contributed by atoms with E-state index in [1.807, 2.05) is 4.90 Å². The van der Waals surface area contributed by atoms with Crippen molar-refractivity contribution in [3.05, 3.63) is 30.1 Å². The van der Waals surface area contributed by atoms with Gasteiger partial charge in [-0.25, -0.2) is 8.42 Å². The van der Waals surface area contributed by atoms with Crippen LogP contribution in [0.15, 0.2) is 29.2 Å². The Morgan fingerprint density at radius 2 is 1.65 bits per heavy atom. The molecule has 0 atom stereocenters. The minimum absolute atomic E-state index is 0.0349. The van der Waals surface area contributed by atoms with Crippen LogP contribution in [0.1, 0.15) is 5.82 Å². The average molecular weight is 415 g/mol. The molecule has 146 valence electrons. The molecule has 0 radical (unpaired) electrons. The molecule has 1 aliphatic heterocycles. The summed E-state index contributed by atoms with van der Waals surface area (Å²) in [6.45, 7) is 0.898. The molecule has 1 aromatic carbocycles. The Bertz CT molecular complexity index is 912. The Balaban J connectivity index is 1.81. The first-order valence-corrected chi connectivity index (χ1v) is 11.8. The van der Waals surface area contributed by atoms with Crippen LogP contribution in [0.25, 0.3) is 5.69 Å². The van der Waals surface area contributed by atoms with Gasteiger partial charge < -0.3 is 0 Å². The van der Waals surface area contributed by atoms with Crippen LogP contribution in [0.4, 0.5) is 15.5 Å². The highest BCUT2D eigenvalue weighted by Crippen LogP contribution is 2.98. The van der Waals surface area contributed by atoms with Gasteiger partial charge in [0.2, 0.25) is 0 Å². The van der Waals surface area contributed by atoms with Crippen LogP contribution >= 0.6 is 9.84 Å². The first kappa shape index (κ1) is 19.0. The minimum Gasteiger partial charge on any atom is -0.294 e. The van der Waals surface area contributed by atoms with E-state index in [-0.39, 0.29) is 30.0 Å². The molecule has 1 aliphatic rings. The number of hydrogen-bond acceptors (Lipinski definition) is 6. The standard InChI is InChI=1S/C13H17F4N5O2S2/c1-26(14,15,16,17)12-4-2-11(3-5-12)22-13(18-19-20-22)10-21-6-8-25(23,24)9-7-21/h2-5H,6-10H2,1H3. The Labute approximate surface area is 147 Å². The normalized spacial score (nSPS) is 21.1. The van der Waals surface area contributed by atoms with Crippen molar-refractivity contribution in [3.8, 4) is 5.69 Å². The fraction of sp³-hybridized carbons (Fsp3) is 0.462. The molecule has 1 aromatic heterocycles. The molecule has 1 fully saturated rings. The van der Waals surface area contributed by atoms with E-state index < -0.39 is 24.6 Å². The van der Waals surface area contributed by atoms with Crippen molar-refractivity contribution in [1.29, 1.82) is 0 Å². The van der Waals surface area contributed by atoms with Gasteiger partial charge in [0.05, 0.1) is 34.9 Å². The number of halogens is 4. The fourth-order valence-electron chi connectivity index (χ4n) is 2.54. The van der Waals surface area contributed by atoms with Crippen molar-refractivity contribution >= 4 is 19.7 Å². The summed E-state index contributed by atoms with van der Waals surface area (Å²) in [5.74, 6) is 0.418. The van der Waals surface area contributed by atoms with Crippen molar-refractivity contribution in [3.63, 3.8) is 0 Å². The number of tetrazole rings is 1. The largest absolute Gasteiger partial charge is 0.294 e. The maximum absolute atomic E-state index is 13.4. The van der Waals surface area contributed by atoms with Crippen molar-refractivity contribution in [2.45, 2.75) is 11.4 Å².